The highest BCUT2D eigenvalue weighted by Crippen LogP contribution is 2.30. The molecule has 0 saturated carbocycles. The van der Waals surface area contributed by atoms with E-state index in [1.807, 2.05) is 0 Å². The van der Waals surface area contributed by atoms with Gasteiger partial charge in [-0.05, 0) is 55.0 Å². The van der Waals surface area contributed by atoms with Gasteiger partial charge in [0.1, 0.15) is 11.4 Å². The molecule has 1 amide bonds. The van der Waals surface area contributed by atoms with E-state index in [0.29, 0.717) is 38.7 Å². The third-order valence-electron chi connectivity index (χ3n) is 5.82. The maximum absolute atomic E-state index is 14.6. The van der Waals surface area contributed by atoms with Crippen LogP contribution in [0.4, 0.5) is 8.78 Å². The van der Waals surface area contributed by atoms with Crippen molar-refractivity contribution in [1.82, 2.24) is 19.7 Å². The van der Waals surface area contributed by atoms with E-state index in [1.165, 1.54) is 37.3 Å². The molecule has 15 nitrogen and oxygen atoms in total. The van der Waals surface area contributed by atoms with E-state index < -0.39 is 39.3 Å². The van der Waals surface area contributed by atoms with Gasteiger partial charge >= 0.3 is 0 Å². The van der Waals surface area contributed by atoms with Gasteiger partial charge in [0.25, 0.3) is 5.91 Å². The normalized spacial score (nSPS) is 11.9. The lowest BCUT2D eigenvalue weighted by Crippen LogP contribution is -2.27. The Labute approximate surface area is 263 Å². The van der Waals surface area contributed by atoms with Gasteiger partial charge in [-0.1, -0.05) is 5.21 Å². The Hall–Kier alpha value is -4.33. The Morgan fingerprint density at radius 3 is 2.22 bits per heavy atom. The number of sulfonamides is 1. The highest BCUT2D eigenvalue weighted by Gasteiger charge is 2.17. The molecule has 1 aromatic heterocycles. The van der Waals surface area contributed by atoms with Crippen LogP contribution in [0.1, 0.15) is 18.2 Å². The third-order valence-corrected chi connectivity index (χ3v) is 7.30. The van der Waals surface area contributed by atoms with Crippen LogP contribution in [0.15, 0.2) is 58.1 Å². The number of benzene rings is 2. The summed E-state index contributed by atoms with van der Waals surface area (Å²) in [6.45, 7) is 3.45. The lowest BCUT2D eigenvalue weighted by molar-refractivity contribution is -0.114. The SMILES string of the molecule is C/C(=C\c1cc(F)c(Oc2ccc(S(=O)(=O)NCCOCCOCCOCCn3cc(CO)nn3)cc2)c(F)c1)C(=O)N=C(N)N. The number of nitrogens with zero attached hydrogens (tertiary/aromatic N) is 4. The topological polar surface area (TPSA) is 216 Å². The van der Waals surface area contributed by atoms with Gasteiger partial charge in [-0.2, -0.15) is 4.99 Å². The molecule has 0 aliphatic heterocycles. The van der Waals surface area contributed by atoms with Crippen molar-refractivity contribution in [3.8, 4) is 11.5 Å². The first-order valence-electron chi connectivity index (χ1n) is 13.8. The van der Waals surface area contributed by atoms with E-state index in [-0.39, 0.29) is 48.1 Å². The molecular formula is C28H35F2N7O8S. The molecule has 3 aromatic rings. The number of aliphatic hydroxyl groups excluding tert-OH is 1. The van der Waals surface area contributed by atoms with Crippen LogP contribution < -0.4 is 20.9 Å². The average Bonchev–Trinajstić information content (AvgIpc) is 3.47. The number of carbonyl (C=O) groups excluding carboxylic acids is 1. The number of nitrogens with two attached hydrogens (primary N) is 2. The molecule has 0 bridgehead atoms. The van der Waals surface area contributed by atoms with Crippen LogP contribution in [-0.2, 0) is 42.2 Å². The van der Waals surface area contributed by atoms with E-state index in [9.17, 15) is 22.0 Å². The molecule has 6 N–H and O–H groups in total. The largest absolute Gasteiger partial charge is 0.451 e. The minimum Gasteiger partial charge on any atom is -0.451 e. The van der Waals surface area contributed by atoms with Crippen LogP contribution in [0.5, 0.6) is 11.5 Å². The number of rotatable bonds is 19. The summed E-state index contributed by atoms with van der Waals surface area (Å²) in [5.74, 6) is -4.05. The molecule has 18 heteroatoms. The molecule has 2 aromatic carbocycles. The minimum atomic E-state index is -3.89. The summed E-state index contributed by atoms with van der Waals surface area (Å²) in [7, 11) is -3.89. The van der Waals surface area contributed by atoms with Gasteiger partial charge in [-0.15, -0.1) is 5.10 Å². The van der Waals surface area contributed by atoms with E-state index in [0.717, 1.165) is 12.1 Å². The highest BCUT2D eigenvalue weighted by atomic mass is 32.2. The molecular weight excluding hydrogens is 632 g/mol. The molecule has 0 spiro atoms. The number of carbonyl (C=O) groups is 1. The van der Waals surface area contributed by atoms with Crippen LogP contribution in [0.2, 0.25) is 0 Å². The summed E-state index contributed by atoms with van der Waals surface area (Å²) in [6.07, 6.45) is 2.83. The summed E-state index contributed by atoms with van der Waals surface area (Å²) < 4.78 is 79.9. The first-order valence-corrected chi connectivity index (χ1v) is 15.3. The summed E-state index contributed by atoms with van der Waals surface area (Å²) in [4.78, 5) is 15.1. The molecule has 0 radical (unpaired) electrons. The zero-order valence-corrected chi connectivity index (χ0v) is 25.7. The summed E-state index contributed by atoms with van der Waals surface area (Å²) in [5, 5.41) is 16.6. The number of amides is 1. The maximum atomic E-state index is 14.6. The molecule has 0 atom stereocenters. The van der Waals surface area contributed by atoms with Crippen molar-refractivity contribution in [2.75, 3.05) is 46.2 Å². The second kappa shape index (κ2) is 18.0. The van der Waals surface area contributed by atoms with Crippen molar-refractivity contribution < 1.29 is 46.0 Å². The van der Waals surface area contributed by atoms with Crippen LogP contribution in [0.25, 0.3) is 6.08 Å². The second-order valence-corrected chi connectivity index (χ2v) is 11.2. The van der Waals surface area contributed by atoms with Crippen LogP contribution in [0.3, 0.4) is 0 Å². The fourth-order valence-electron chi connectivity index (χ4n) is 3.63. The molecule has 0 aliphatic rings. The van der Waals surface area contributed by atoms with Gasteiger partial charge in [0.05, 0.1) is 63.9 Å². The molecule has 3 rings (SSSR count). The van der Waals surface area contributed by atoms with Crippen molar-refractivity contribution in [2.45, 2.75) is 25.0 Å². The number of aliphatic imine (C=N–C) groups is 1. The number of aliphatic hydroxyl groups is 1. The fourth-order valence-corrected chi connectivity index (χ4v) is 4.65. The number of guanidine groups is 1. The number of aromatic nitrogens is 3. The summed E-state index contributed by atoms with van der Waals surface area (Å²) >= 11 is 0. The smallest absolute Gasteiger partial charge is 0.275 e. The van der Waals surface area contributed by atoms with E-state index >= 15 is 0 Å². The van der Waals surface area contributed by atoms with Crippen molar-refractivity contribution in [3.05, 3.63) is 71.1 Å². The lowest BCUT2D eigenvalue weighted by atomic mass is 10.1. The summed E-state index contributed by atoms with van der Waals surface area (Å²) in [5.41, 5.74) is 10.9. The maximum Gasteiger partial charge on any atom is 0.275 e. The van der Waals surface area contributed by atoms with Crippen LogP contribution in [0, 0.1) is 11.6 Å². The fraction of sp³-hybridized carbons (Fsp3) is 0.357. The monoisotopic (exact) mass is 667 g/mol. The predicted octanol–water partition coefficient (Wildman–Crippen LogP) is 1.07. The molecule has 46 heavy (non-hydrogen) atoms. The quantitative estimate of drug-likeness (QED) is 0.0611. The molecule has 0 saturated heterocycles. The zero-order chi connectivity index (χ0) is 33.5. The van der Waals surface area contributed by atoms with E-state index in [2.05, 4.69) is 20.0 Å². The first-order chi connectivity index (χ1) is 22.0. The molecule has 1 heterocycles. The molecule has 0 aliphatic carbocycles. The molecule has 0 unspecified atom stereocenters. The Balaban J connectivity index is 1.35. The average molecular weight is 668 g/mol. The van der Waals surface area contributed by atoms with Gasteiger partial charge in [-0.25, -0.2) is 26.6 Å². The van der Waals surface area contributed by atoms with Gasteiger partial charge in [0.2, 0.25) is 10.0 Å². The number of nitrogens with one attached hydrogen (secondary N) is 1. The van der Waals surface area contributed by atoms with Crippen LogP contribution >= 0.6 is 0 Å². The Kier molecular flexibility index (Phi) is 14.1. The Morgan fingerprint density at radius 2 is 1.63 bits per heavy atom. The van der Waals surface area contributed by atoms with Gasteiger partial charge in [-0.3, -0.25) is 4.79 Å². The number of halogens is 2. The number of hydrogen-bond donors (Lipinski definition) is 4. The van der Waals surface area contributed by atoms with E-state index in [4.69, 9.17) is 35.5 Å². The van der Waals surface area contributed by atoms with Crippen LogP contribution in [-0.4, -0.2) is 86.6 Å². The highest BCUT2D eigenvalue weighted by molar-refractivity contribution is 7.89. The van der Waals surface area contributed by atoms with E-state index in [1.54, 1.807) is 10.9 Å². The predicted molar refractivity (Wildman–Crippen MR) is 161 cm³/mol. The Bertz CT molecular complexity index is 1590. The summed E-state index contributed by atoms with van der Waals surface area (Å²) in [6, 6.07) is 6.85. The standard InChI is InChI=1S/C28H35F2N7O8S/c1-19(27(39)34-28(31)32)14-20-15-24(29)26(25(30)16-20)45-22-2-4-23(5-3-22)46(40,41)33-6-8-42-10-12-44-13-11-43-9-7-37-17-21(18-38)35-36-37/h2-5,14-17,33,38H,6-13,18H2,1H3,(H4,31,32,34,39)/b19-14+. The van der Waals surface area contributed by atoms with Gasteiger partial charge in [0, 0.05) is 12.1 Å². The second-order valence-electron chi connectivity index (χ2n) is 9.42. The molecule has 250 valence electrons. The Morgan fingerprint density at radius 1 is 1.02 bits per heavy atom. The first kappa shape index (κ1) is 36.1. The van der Waals surface area contributed by atoms with Gasteiger partial charge < -0.3 is 35.5 Å². The third kappa shape index (κ3) is 11.9. The number of hydrogen-bond acceptors (Lipinski definition) is 10. The van der Waals surface area contributed by atoms with Gasteiger partial charge in [0.15, 0.2) is 23.3 Å². The minimum absolute atomic E-state index is 0.00176. The number of ether oxygens (including phenoxy) is 4. The van der Waals surface area contributed by atoms with Crippen molar-refractivity contribution in [1.29, 1.82) is 0 Å². The lowest BCUT2D eigenvalue weighted by Gasteiger charge is -2.11. The van der Waals surface area contributed by atoms with Crippen molar-refractivity contribution >= 4 is 28.0 Å². The van der Waals surface area contributed by atoms with Crippen molar-refractivity contribution in [3.63, 3.8) is 0 Å². The zero-order valence-electron chi connectivity index (χ0n) is 24.9. The molecule has 0 fully saturated rings. The van der Waals surface area contributed by atoms with Crippen molar-refractivity contribution in [2.24, 2.45) is 16.5 Å².